The van der Waals surface area contributed by atoms with E-state index in [0.717, 1.165) is 41.4 Å². The third-order valence-corrected chi connectivity index (χ3v) is 5.26. The largest absolute Gasteiger partial charge is 0.464 e. The topological polar surface area (TPSA) is 68.5 Å². The third kappa shape index (κ3) is 4.26. The van der Waals surface area contributed by atoms with Crippen LogP contribution in [0.15, 0.2) is 28.9 Å². The Labute approximate surface area is 154 Å². The Morgan fingerprint density at radius 2 is 2.08 bits per heavy atom. The van der Waals surface area contributed by atoms with Crippen molar-refractivity contribution >= 4 is 22.8 Å². The predicted octanol–water partition coefficient (Wildman–Crippen LogP) is 3.91. The first-order valence-electron chi connectivity index (χ1n) is 9.40. The molecule has 1 N–H and O–H groups in total. The normalized spacial score (nSPS) is 21.3. The highest BCUT2D eigenvalue weighted by molar-refractivity contribution is 5.88. The van der Waals surface area contributed by atoms with Crippen LogP contribution in [0.25, 0.3) is 11.0 Å². The number of ether oxygens (including phenoxy) is 1. The second kappa shape index (κ2) is 7.94. The van der Waals surface area contributed by atoms with Crippen molar-refractivity contribution in [2.75, 3.05) is 0 Å². The molecule has 0 unspecified atom stereocenters. The number of nitrogens with one attached hydrogen (secondary N) is 1. The van der Waals surface area contributed by atoms with Crippen molar-refractivity contribution in [3.05, 3.63) is 35.6 Å². The molecule has 1 saturated carbocycles. The van der Waals surface area contributed by atoms with Crippen molar-refractivity contribution in [3.8, 4) is 0 Å². The lowest BCUT2D eigenvalue weighted by atomic mass is 9.86. The van der Waals surface area contributed by atoms with E-state index in [1.54, 1.807) is 13.2 Å². The molecule has 1 aromatic heterocycles. The van der Waals surface area contributed by atoms with E-state index >= 15 is 0 Å². The Morgan fingerprint density at radius 1 is 1.31 bits per heavy atom. The first-order chi connectivity index (χ1) is 12.4. The lowest BCUT2D eigenvalue weighted by molar-refractivity contribution is -0.154. The van der Waals surface area contributed by atoms with E-state index in [-0.39, 0.29) is 18.4 Å². The fourth-order valence-electron chi connectivity index (χ4n) is 3.61. The van der Waals surface area contributed by atoms with Gasteiger partial charge >= 0.3 is 5.97 Å². The first-order valence-corrected chi connectivity index (χ1v) is 9.40. The van der Waals surface area contributed by atoms with Gasteiger partial charge in [0.05, 0.1) is 12.7 Å². The SMILES string of the molecule is Cc1ccc2c(CC(=O)O[C@H](C)C(=O)N[C@H]3CCCC[C@H]3C)coc2c1. The highest BCUT2D eigenvalue weighted by Crippen LogP contribution is 2.24. The molecule has 1 aliphatic rings. The van der Waals surface area contributed by atoms with Crippen molar-refractivity contribution in [1.82, 2.24) is 5.32 Å². The third-order valence-electron chi connectivity index (χ3n) is 5.26. The van der Waals surface area contributed by atoms with Crippen LogP contribution in [-0.2, 0) is 20.7 Å². The molecule has 0 aliphatic heterocycles. The zero-order chi connectivity index (χ0) is 18.7. The predicted molar refractivity (Wildman–Crippen MR) is 99.8 cm³/mol. The van der Waals surface area contributed by atoms with Gasteiger partial charge in [-0.3, -0.25) is 9.59 Å². The highest BCUT2D eigenvalue weighted by atomic mass is 16.5. The van der Waals surface area contributed by atoms with Crippen LogP contribution in [0, 0.1) is 12.8 Å². The van der Waals surface area contributed by atoms with Gasteiger partial charge in [0.2, 0.25) is 0 Å². The molecular formula is C21H27NO4. The molecule has 1 aromatic carbocycles. The molecule has 3 atom stereocenters. The summed E-state index contributed by atoms with van der Waals surface area (Å²) in [5.41, 5.74) is 2.63. The smallest absolute Gasteiger partial charge is 0.311 e. The van der Waals surface area contributed by atoms with Gasteiger partial charge in [-0.15, -0.1) is 0 Å². The minimum Gasteiger partial charge on any atom is -0.464 e. The Hall–Kier alpha value is -2.30. The van der Waals surface area contributed by atoms with Crippen molar-refractivity contribution in [3.63, 3.8) is 0 Å². The first kappa shape index (κ1) is 18.5. The molecule has 1 aliphatic carbocycles. The van der Waals surface area contributed by atoms with E-state index in [1.807, 2.05) is 25.1 Å². The summed E-state index contributed by atoms with van der Waals surface area (Å²) in [6.07, 6.45) is 5.36. The average Bonchev–Trinajstić information content (AvgIpc) is 2.98. The minimum atomic E-state index is -0.794. The van der Waals surface area contributed by atoms with Crippen LogP contribution in [0.1, 0.15) is 50.7 Å². The van der Waals surface area contributed by atoms with E-state index in [4.69, 9.17) is 9.15 Å². The van der Waals surface area contributed by atoms with Crippen molar-refractivity contribution in [2.45, 2.75) is 65.0 Å². The second-order valence-corrected chi connectivity index (χ2v) is 7.45. The Bertz CT molecular complexity index is 794. The number of hydrogen-bond acceptors (Lipinski definition) is 4. The summed E-state index contributed by atoms with van der Waals surface area (Å²) in [5, 5.41) is 3.94. The summed E-state index contributed by atoms with van der Waals surface area (Å²) < 4.78 is 10.9. The van der Waals surface area contributed by atoms with Gasteiger partial charge in [0.1, 0.15) is 5.58 Å². The van der Waals surface area contributed by atoms with Crippen LogP contribution in [0.3, 0.4) is 0 Å². The molecule has 1 heterocycles. The van der Waals surface area contributed by atoms with Crippen molar-refractivity contribution < 1.29 is 18.7 Å². The molecule has 0 spiro atoms. The highest BCUT2D eigenvalue weighted by Gasteiger charge is 2.26. The maximum absolute atomic E-state index is 12.3. The molecule has 1 fully saturated rings. The Morgan fingerprint density at radius 3 is 2.85 bits per heavy atom. The van der Waals surface area contributed by atoms with Gasteiger partial charge in [-0.05, 0) is 44.2 Å². The van der Waals surface area contributed by atoms with E-state index in [9.17, 15) is 9.59 Å². The number of aryl methyl sites for hydroxylation is 1. The van der Waals surface area contributed by atoms with Gasteiger partial charge in [-0.2, -0.15) is 0 Å². The molecule has 2 aromatic rings. The number of rotatable bonds is 5. The Kier molecular flexibility index (Phi) is 5.64. The maximum atomic E-state index is 12.3. The van der Waals surface area contributed by atoms with Gasteiger partial charge in [-0.1, -0.05) is 31.9 Å². The molecular weight excluding hydrogens is 330 g/mol. The number of furan rings is 1. The second-order valence-electron chi connectivity index (χ2n) is 7.45. The summed E-state index contributed by atoms with van der Waals surface area (Å²) in [6.45, 7) is 5.77. The average molecular weight is 357 g/mol. The molecule has 5 nitrogen and oxygen atoms in total. The van der Waals surface area contributed by atoms with Gasteiger partial charge in [0.25, 0.3) is 5.91 Å². The van der Waals surface area contributed by atoms with Gasteiger partial charge in [0.15, 0.2) is 6.10 Å². The molecule has 0 bridgehead atoms. The van der Waals surface area contributed by atoms with E-state index < -0.39 is 12.1 Å². The van der Waals surface area contributed by atoms with Crippen LogP contribution in [0.4, 0.5) is 0 Å². The lowest BCUT2D eigenvalue weighted by Crippen LogP contribution is -2.46. The van der Waals surface area contributed by atoms with Crippen LogP contribution >= 0.6 is 0 Å². The molecule has 26 heavy (non-hydrogen) atoms. The summed E-state index contributed by atoms with van der Waals surface area (Å²) in [4.78, 5) is 24.6. The standard InChI is InChI=1S/C21H27NO4/c1-13-8-9-17-16(12-25-19(17)10-13)11-20(23)26-15(3)21(24)22-18-7-5-4-6-14(18)2/h8-10,12,14-15,18H,4-7,11H2,1-3H3,(H,22,24)/t14-,15-,18+/m1/s1. The quantitative estimate of drug-likeness (QED) is 0.824. The zero-order valence-electron chi connectivity index (χ0n) is 15.7. The molecule has 3 rings (SSSR count). The van der Waals surface area contributed by atoms with Crippen LogP contribution < -0.4 is 5.32 Å². The van der Waals surface area contributed by atoms with Gasteiger partial charge in [-0.25, -0.2) is 0 Å². The maximum Gasteiger partial charge on any atom is 0.311 e. The number of carbonyl (C=O) groups is 2. The van der Waals surface area contributed by atoms with Crippen LogP contribution in [0.2, 0.25) is 0 Å². The molecule has 140 valence electrons. The molecule has 1 amide bonds. The van der Waals surface area contributed by atoms with Crippen molar-refractivity contribution in [1.29, 1.82) is 0 Å². The molecule has 5 heteroatoms. The number of amides is 1. The molecule has 0 radical (unpaired) electrons. The van der Waals surface area contributed by atoms with Crippen LogP contribution in [0.5, 0.6) is 0 Å². The summed E-state index contributed by atoms with van der Waals surface area (Å²) >= 11 is 0. The lowest BCUT2D eigenvalue weighted by Gasteiger charge is -2.30. The van der Waals surface area contributed by atoms with Gasteiger partial charge < -0.3 is 14.5 Å². The van der Waals surface area contributed by atoms with E-state index in [0.29, 0.717) is 5.92 Å². The van der Waals surface area contributed by atoms with E-state index in [2.05, 4.69) is 12.2 Å². The number of esters is 1. The van der Waals surface area contributed by atoms with E-state index in [1.165, 1.54) is 6.42 Å². The molecule has 0 saturated heterocycles. The van der Waals surface area contributed by atoms with Gasteiger partial charge in [0, 0.05) is 17.0 Å². The zero-order valence-corrected chi connectivity index (χ0v) is 15.7. The Balaban J connectivity index is 1.55. The summed E-state index contributed by atoms with van der Waals surface area (Å²) in [5.74, 6) is -0.172. The number of carbonyl (C=O) groups excluding carboxylic acids is 2. The summed E-state index contributed by atoms with van der Waals surface area (Å²) in [7, 11) is 0. The summed E-state index contributed by atoms with van der Waals surface area (Å²) in [6, 6.07) is 6.04. The number of fused-ring (bicyclic) bond motifs is 1. The number of hydrogen-bond donors (Lipinski definition) is 1. The minimum absolute atomic E-state index is 0.0908. The number of benzene rings is 1. The fourth-order valence-corrected chi connectivity index (χ4v) is 3.61. The van der Waals surface area contributed by atoms with Crippen molar-refractivity contribution in [2.24, 2.45) is 5.92 Å². The van der Waals surface area contributed by atoms with Crippen LogP contribution in [-0.4, -0.2) is 24.0 Å². The fraction of sp³-hybridized carbons (Fsp3) is 0.524. The monoisotopic (exact) mass is 357 g/mol.